The number of fused-ring (bicyclic) bond motifs is 1. The molecule has 32 heavy (non-hydrogen) atoms. The molecule has 0 unspecified atom stereocenters. The minimum atomic E-state index is -0.980. The average Bonchev–Trinajstić information content (AvgIpc) is 3.46. The van der Waals surface area contributed by atoms with Gasteiger partial charge in [-0.15, -0.1) is 11.3 Å². The quantitative estimate of drug-likeness (QED) is 0.329. The highest BCUT2D eigenvalue weighted by atomic mass is 35.5. The van der Waals surface area contributed by atoms with Crippen molar-refractivity contribution in [3.8, 4) is 10.6 Å². The van der Waals surface area contributed by atoms with E-state index in [1.54, 1.807) is 0 Å². The van der Waals surface area contributed by atoms with Gasteiger partial charge in [0.25, 0.3) is 0 Å². The standard InChI is InChI=1S/C22H23ClN6O2S/c23-22-27-19(25)16-14(21-26-13(10-32-21)6-11-4-2-1-3-5-11)9-29(20(16)28-22)15-7-12(8-24)17(30)18(15)31/h1-5,9-10,12,15,17-18,30-31H,6-8,24H2,(H2,25,27,28)/t12-,15-,17-,18+/m1/s1. The third kappa shape index (κ3) is 3.66. The predicted molar refractivity (Wildman–Crippen MR) is 126 cm³/mol. The first-order valence-corrected chi connectivity index (χ1v) is 11.6. The van der Waals surface area contributed by atoms with Gasteiger partial charge in [-0.1, -0.05) is 30.3 Å². The van der Waals surface area contributed by atoms with Crippen LogP contribution in [-0.4, -0.2) is 48.5 Å². The van der Waals surface area contributed by atoms with Crippen LogP contribution in [0.1, 0.15) is 23.7 Å². The van der Waals surface area contributed by atoms with Gasteiger partial charge in [-0.3, -0.25) is 0 Å². The summed E-state index contributed by atoms with van der Waals surface area (Å²) in [6.07, 6.45) is 1.22. The summed E-state index contributed by atoms with van der Waals surface area (Å²) in [6, 6.07) is 9.73. The number of aliphatic hydroxyl groups excluding tert-OH is 2. The number of halogens is 1. The van der Waals surface area contributed by atoms with Gasteiger partial charge in [0.2, 0.25) is 5.28 Å². The Morgan fingerprint density at radius 1 is 1.12 bits per heavy atom. The normalized spacial score (nSPS) is 23.2. The lowest BCUT2D eigenvalue weighted by Crippen LogP contribution is -2.31. The first-order valence-electron chi connectivity index (χ1n) is 10.3. The number of nitrogens with zero attached hydrogens (tertiary/aromatic N) is 4. The van der Waals surface area contributed by atoms with Crippen LogP contribution in [0.2, 0.25) is 5.28 Å². The maximum atomic E-state index is 10.7. The van der Waals surface area contributed by atoms with E-state index in [0.29, 0.717) is 17.5 Å². The van der Waals surface area contributed by atoms with Crippen LogP contribution in [0.3, 0.4) is 0 Å². The average molecular weight is 471 g/mol. The summed E-state index contributed by atoms with van der Waals surface area (Å²) in [6.45, 7) is 0.286. The summed E-state index contributed by atoms with van der Waals surface area (Å²) < 4.78 is 1.83. The van der Waals surface area contributed by atoms with E-state index in [2.05, 4.69) is 22.1 Å². The van der Waals surface area contributed by atoms with Crippen molar-refractivity contribution < 1.29 is 10.2 Å². The number of aliphatic hydroxyl groups is 2. The topological polar surface area (TPSA) is 136 Å². The van der Waals surface area contributed by atoms with Crippen molar-refractivity contribution >= 4 is 39.8 Å². The van der Waals surface area contributed by atoms with Crippen molar-refractivity contribution in [2.75, 3.05) is 12.3 Å². The first kappa shape index (κ1) is 21.3. The monoisotopic (exact) mass is 470 g/mol. The van der Waals surface area contributed by atoms with Crippen molar-refractivity contribution in [3.63, 3.8) is 0 Å². The van der Waals surface area contributed by atoms with Crippen LogP contribution in [0.25, 0.3) is 21.6 Å². The van der Waals surface area contributed by atoms with Gasteiger partial charge >= 0.3 is 0 Å². The Hall–Kier alpha value is -2.56. The fourth-order valence-electron chi connectivity index (χ4n) is 4.49. The van der Waals surface area contributed by atoms with Gasteiger partial charge in [-0.05, 0) is 30.1 Å². The van der Waals surface area contributed by atoms with Crippen molar-refractivity contribution in [2.24, 2.45) is 11.7 Å². The highest BCUT2D eigenvalue weighted by molar-refractivity contribution is 7.13. The lowest BCUT2D eigenvalue weighted by atomic mass is 10.1. The molecule has 8 nitrogen and oxygen atoms in total. The zero-order valence-corrected chi connectivity index (χ0v) is 18.7. The molecule has 166 valence electrons. The van der Waals surface area contributed by atoms with Crippen molar-refractivity contribution in [3.05, 3.63) is 58.4 Å². The minimum Gasteiger partial charge on any atom is -0.390 e. The second-order valence-electron chi connectivity index (χ2n) is 8.11. The number of rotatable bonds is 5. The maximum Gasteiger partial charge on any atom is 0.226 e. The Morgan fingerprint density at radius 2 is 1.91 bits per heavy atom. The third-order valence-corrected chi connectivity index (χ3v) is 7.21. The largest absolute Gasteiger partial charge is 0.390 e. The molecular weight excluding hydrogens is 448 g/mol. The van der Waals surface area contributed by atoms with Crippen LogP contribution in [0.15, 0.2) is 41.9 Å². The van der Waals surface area contributed by atoms with Crippen LogP contribution in [0.4, 0.5) is 5.82 Å². The molecule has 0 amide bonds. The van der Waals surface area contributed by atoms with E-state index in [0.717, 1.165) is 22.7 Å². The van der Waals surface area contributed by atoms with Crippen LogP contribution < -0.4 is 11.5 Å². The van der Waals surface area contributed by atoms with Crippen molar-refractivity contribution in [2.45, 2.75) is 31.1 Å². The van der Waals surface area contributed by atoms with Crippen molar-refractivity contribution in [1.29, 1.82) is 0 Å². The van der Waals surface area contributed by atoms with E-state index >= 15 is 0 Å². The molecular formula is C22H23ClN6O2S. The number of benzene rings is 1. The fourth-order valence-corrected chi connectivity index (χ4v) is 5.50. The van der Waals surface area contributed by atoms with Gasteiger partial charge < -0.3 is 26.2 Å². The van der Waals surface area contributed by atoms with Gasteiger partial charge in [-0.2, -0.15) is 4.98 Å². The van der Waals surface area contributed by atoms with Crippen LogP contribution in [0, 0.1) is 5.92 Å². The highest BCUT2D eigenvalue weighted by Gasteiger charge is 2.42. The molecule has 10 heteroatoms. The number of nitrogen functional groups attached to an aromatic ring is 1. The zero-order valence-electron chi connectivity index (χ0n) is 17.1. The van der Waals surface area contributed by atoms with Crippen molar-refractivity contribution in [1.82, 2.24) is 19.5 Å². The maximum absolute atomic E-state index is 10.7. The third-order valence-electron chi connectivity index (χ3n) is 6.11. The zero-order chi connectivity index (χ0) is 22.4. The fraction of sp³-hybridized carbons (Fsp3) is 0.318. The predicted octanol–water partition coefficient (Wildman–Crippen LogP) is 2.62. The molecule has 3 heterocycles. The number of anilines is 1. The molecule has 0 saturated heterocycles. The summed E-state index contributed by atoms with van der Waals surface area (Å²) in [5, 5.41) is 24.6. The molecule has 0 spiro atoms. The molecule has 1 saturated carbocycles. The van der Waals surface area contributed by atoms with E-state index < -0.39 is 18.2 Å². The Morgan fingerprint density at radius 3 is 2.62 bits per heavy atom. The molecule has 3 aromatic heterocycles. The molecule has 1 fully saturated rings. The summed E-state index contributed by atoms with van der Waals surface area (Å²) in [5.41, 5.74) is 15.5. The first-order chi connectivity index (χ1) is 15.5. The second-order valence-corrected chi connectivity index (χ2v) is 9.31. The summed E-state index contributed by atoms with van der Waals surface area (Å²) in [4.78, 5) is 13.4. The SMILES string of the molecule is NC[C@H]1C[C@@H](n2cc(-c3nc(Cc4ccccc4)cs3)c3c(N)nc(Cl)nc32)[C@H](O)[C@@H]1O. The molecule has 0 bridgehead atoms. The van der Waals surface area contributed by atoms with Gasteiger partial charge in [0, 0.05) is 29.5 Å². The summed E-state index contributed by atoms with van der Waals surface area (Å²) in [7, 11) is 0. The number of hydrogen-bond donors (Lipinski definition) is 4. The molecule has 4 aromatic rings. The minimum absolute atomic E-state index is 0.0215. The molecule has 1 aliphatic carbocycles. The highest BCUT2D eigenvalue weighted by Crippen LogP contribution is 2.42. The molecule has 5 rings (SSSR count). The number of nitrogens with two attached hydrogens (primary N) is 2. The Labute approximate surface area is 193 Å². The lowest BCUT2D eigenvalue weighted by molar-refractivity contribution is 0.00823. The van der Waals surface area contributed by atoms with E-state index in [-0.39, 0.29) is 23.6 Å². The molecule has 1 aromatic carbocycles. The summed E-state index contributed by atoms with van der Waals surface area (Å²) >= 11 is 7.62. The second kappa shape index (κ2) is 8.42. The van der Waals surface area contributed by atoms with Crippen LogP contribution in [0.5, 0.6) is 0 Å². The Balaban J connectivity index is 1.59. The van der Waals surface area contributed by atoms with Gasteiger partial charge in [-0.25, -0.2) is 9.97 Å². The van der Waals surface area contributed by atoms with Gasteiger partial charge in [0.1, 0.15) is 22.6 Å². The van der Waals surface area contributed by atoms with Gasteiger partial charge in [0.05, 0.1) is 23.2 Å². The number of aromatic nitrogens is 4. The van der Waals surface area contributed by atoms with Gasteiger partial charge in [0.15, 0.2) is 0 Å². The van der Waals surface area contributed by atoms with E-state index in [1.807, 2.05) is 34.3 Å². The van der Waals surface area contributed by atoms with Crippen LogP contribution in [-0.2, 0) is 6.42 Å². The Bertz CT molecular complexity index is 1260. The van der Waals surface area contributed by atoms with E-state index in [9.17, 15) is 10.2 Å². The molecule has 1 aliphatic rings. The molecule has 0 radical (unpaired) electrons. The smallest absolute Gasteiger partial charge is 0.226 e. The number of hydrogen-bond acceptors (Lipinski definition) is 8. The lowest BCUT2D eigenvalue weighted by Gasteiger charge is -2.19. The molecule has 0 aliphatic heterocycles. The molecule has 6 N–H and O–H groups in total. The number of thiazole rings is 1. The van der Waals surface area contributed by atoms with E-state index in [4.69, 9.17) is 28.1 Å². The Kier molecular flexibility index (Phi) is 5.60. The summed E-state index contributed by atoms with van der Waals surface area (Å²) in [5.74, 6) is 0.0415. The van der Waals surface area contributed by atoms with E-state index in [1.165, 1.54) is 16.9 Å². The van der Waals surface area contributed by atoms with Crippen LogP contribution >= 0.6 is 22.9 Å². The molecule has 4 atom stereocenters.